The average molecular weight is 300 g/mol. The number of urea groups is 1. The van der Waals surface area contributed by atoms with Crippen LogP contribution in [-0.4, -0.2) is 47.0 Å². The summed E-state index contributed by atoms with van der Waals surface area (Å²) in [5.74, 6) is 0.679. The molecule has 6 nitrogen and oxygen atoms in total. The van der Waals surface area contributed by atoms with Crippen molar-refractivity contribution in [3.8, 4) is 5.69 Å². The van der Waals surface area contributed by atoms with E-state index < -0.39 is 0 Å². The molecule has 0 radical (unpaired) electrons. The van der Waals surface area contributed by atoms with E-state index in [-0.39, 0.29) is 6.03 Å². The van der Waals surface area contributed by atoms with E-state index in [0.29, 0.717) is 32.1 Å². The molecular formula is C16H20N4O2. The molecule has 116 valence electrons. The third kappa shape index (κ3) is 3.12. The number of carbonyl (C=O) groups is 1. The number of anilines is 1. The third-order valence-electron chi connectivity index (χ3n) is 3.64. The van der Waals surface area contributed by atoms with E-state index in [0.717, 1.165) is 11.4 Å². The SMILES string of the molecule is Cc1ccc(-n2nc(C)cc2NC(=O)N2CCOCC2)cc1. The fraction of sp³-hybridized carbons (Fsp3) is 0.375. The minimum absolute atomic E-state index is 0.114. The number of nitrogens with zero attached hydrogens (tertiary/aromatic N) is 3. The number of hydrogen-bond acceptors (Lipinski definition) is 3. The molecule has 1 saturated heterocycles. The summed E-state index contributed by atoms with van der Waals surface area (Å²) in [6.45, 7) is 6.36. The quantitative estimate of drug-likeness (QED) is 0.926. The Morgan fingerprint density at radius 3 is 2.55 bits per heavy atom. The molecule has 2 aromatic rings. The number of aromatic nitrogens is 2. The zero-order valence-electron chi connectivity index (χ0n) is 12.9. The summed E-state index contributed by atoms with van der Waals surface area (Å²) >= 11 is 0. The van der Waals surface area contributed by atoms with Gasteiger partial charge in [0.25, 0.3) is 0 Å². The van der Waals surface area contributed by atoms with Crippen molar-refractivity contribution in [2.75, 3.05) is 31.6 Å². The Labute approximate surface area is 129 Å². The van der Waals surface area contributed by atoms with Crippen molar-refractivity contribution in [2.24, 2.45) is 0 Å². The number of amides is 2. The van der Waals surface area contributed by atoms with E-state index in [2.05, 4.69) is 10.4 Å². The number of benzene rings is 1. The van der Waals surface area contributed by atoms with Crippen molar-refractivity contribution >= 4 is 11.8 Å². The second-order valence-electron chi connectivity index (χ2n) is 5.45. The van der Waals surface area contributed by atoms with E-state index in [1.165, 1.54) is 5.56 Å². The molecule has 1 aromatic heterocycles. The zero-order valence-corrected chi connectivity index (χ0v) is 12.9. The monoisotopic (exact) mass is 300 g/mol. The molecular weight excluding hydrogens is 280 g/mol. The lowest BCUT2D eigenvalue weighted by Crippen LogP contribution is -2.43. The number of nitrogens with one attached hydrogen (secondary N) is 1. The Morgan fingerprint density at radius 2 is 1.86 bits per heavy atom. The lowest BCUT2D eigenvalue weighted by atomic mass is 10.2. The van der Waals surface area contributed by atoms with Crippen LogP contribution in [0.3, 0.4) is 0 Å². The second-order valence-corrected chi connectivity index (χ2v) is 5.45. The first-order valence-electron chi connectivity index (χ1n) is 7.41. The topological polar surface area (TPSA) is 59.4 Å². The molecule has 1 fully saturated rings. The number of rotatable bonds is 2. The first kappa shape index (κ1) is 14.6. The highest BCUT2D eigenvalue weighted by Gasteiger charge is 2.18. The highest BCUT2D eigenvalue weighted by Crippen LogP contribution is 2.18. The van der Waals surface area contributed by atoms with Gasteiger partial charge in [-0.2, -0.15) is 5.10 Å². The van der Waals surface area contributed by atoms with Gasteiger partial charge >= 0.3 is 6.03 Å². The molecule has 0 unspecified atom stereocenters. The normalized spacial score (nSPS) is 14.9. The molecule has 22 heavy (non-hydrogen) atoms. The van der Waals surface area contributed by atoms with E-state index >= 15 is 0 Å². The Bertz CT molecular complexity index is 657. The lowest BCUT2D eigenvalue weighted by molar-refractivity contribution is 0.0564. The molecule has 1 aromatic carbocycles. The largest absolute Gasteiger partial charge is 0.378 e. The maximum absolute atomic E-state index is 12.3. The summed E-state index contributed by atoms with van der Waals surface area (Å²) < 4.78 is 7.03. The highest BCUT2D eigenvalue weighted by molar-refractivity contribution is 5.88. The van der Waals surface area contributed by atoms with E-state index in [4.69, 9.17) is 4.74 Å². The summed E-state index contributed by atoms with van der Waals surface area (Å²) in [7, 11) is 0. The van der Waals surface area contributed by atoms with Gasteiger partial charge in [-0.05, 0) is 26.0 Å². The van der Waals surface area contributed by atoms with Crippen molar-refractivity contribution in [3.05, 3.63) is 41.6 Å². The number of hydrogen-bond donors (Lipinski definition) is 1. The van der Waals surface area contributed by atoms with Gasteiger partial charge < -0.3 is 9.64 Å². The van der Waals surface area contributed by atoms with Crippen LogP contribution in [0.5, 0.6) is 0 Å². The predicted octanol–water partition coefficient (Wildman–Crippen LogP) is 2.35. The summed E-state index contributed by atoms with van der Waals surface area (Å²) in [6.07, 6.45) is 0. The molecule has 1 aliphatic rings. The minimum Gasteiger partial charge on any atom is -0.378 e. The number of carbonyl (C=O) groups excluding carboxylic acids is 1. The fourth-order valence-electron chi connectivity index (χ4n) is 2.43. The first-order chi connectivity index (χ1) is 10.6. The number of ether oxygens (including phenoxy) is 1. The molecule has 2 amide bonds. The van der Waals surface area contributed by atoms with Crippen LogP contribution in [0.1, 0.15) is 11.3 Å². The predicted molar refractivity (Wildman–Crippen MR) is 84.4 cm³/mol. The maximum Gasteiger partial charge on any atom is 0.323 e. The smallest absolute Gasteiger partial charge is 0.323 e. The highest BCUT2D eigenvalue weighted by atomic mass is 16.5. The standard InChI is InChI=1S/C16H20N4O2/c1-12-3-5-14(6-4-12)20-15(11-13(2)18-20)17-16(21)19-7-9-22-10-8-19/h3-6,11H,7-10H2,1-2H3,(H,17,21). The van der Waals surface area contributed by atoms with Crippen LogP contribution in [0, 0.1) is 13.8 Å². The summed E-state index contributed by atoms with van der Waals surface area (Å²) in [6, 6.07) is 9.80. The average Bonchev–Trinajstić information content (AvgIpc) is 2.89. The second kappa shape index (κ2) is 6.19. The van der Waals surface area contributed by atoms with Gasteiger partial charge in [-0.25, -0.2) is 9.48 Å². The van der Waals surface area contributed by atoms with E-state index in [1.54, 1.807) is 9.58 Å². The molecule has 1 aliphatic heterocycles. The molecule has 0 spiro atoms. The molecule has 3 rings (SSSR count). The minimum atomic E-state index is -0.114. The summed E-state index contributed by atoms with van der Waals surface area (Å²) in [4.78, 5) is 14.1. The zero-order chi connectivity index (χ0) is 15.5. The summed E-state index contributed by atoms with van der Waals surface area (Å²) in [5, 5.41) is 7.41. The lowest BCUT2D eigenvalue weighted by Gasteiger charge is -2.26. The van der Waals surface area contributed by atoms with Crippen molar-refractivity contribution in [2.45, 2.75) is 13.8 Å². The van der Waals surface area contributed by atoms with E-state index in [1.807, 2.05) is 44.2 Å². The Hall–Kier alpha value is -2.34. The van der Waals surface area contributed by atoms with Crippen LogP contribution in [0.2, 0.25) is 0 Å². The molecule has 2 heterocycles. The fourth-order valence-corrected chi connectivity index (χ4v) is 2.43. The van der Waals surface area contributed by atoms with Crippen LogP contribution in [0.25, 0.3) is 5.69 Å². The van der Waals surface area contributed by atoms with Gasteiger partial charge in [0.2, 0.25) is 0 Å². The molecule has 6 heteroatoms. The Balaban J connectivity index is 1.81. The maximum atomic E-state index is 12.3. The van der Waals surface area contributed by atoms with Gasteiger partial charge in [-0.15, -0.1) is 0 Å². The van der Waals surface area contributed by atoms with Crippen molar-refractivity contribution in [3.63, 3.8) is 0 Å². The molecule has 0 aliphatic carbocycles. The van der Waals surface area contributed by atoms with Gasteiger partial charge in [0.1, 0.15) is 5.82 Å². The molecule has 0 atom stereocenters. The van der Waals surface area contributed by atoms with Gasteiger partial charge in [0, 0.05) is 19.2 Å². The van der Waals surface area contributed by atoms with Crippen molar-refractivity contribution in [1.82, 2.24) is 14.7 Å². The van der Waals surface area contributed by atoms with E-state index in [9.17, 15) is 4.79 Å². The van der Waals surface area contributed by atoms with Gasteiger partial charge in [-0.1, -0.05) is 17.7 Å². The van der Waals surface area contributed by atoms with Gasteiger partial charge in [0.05, 0.1) is 24.6 Å². The van der Waals surface area contributed by atoms with Crippen LogP contribution in [-0.2, 0) is 4.74 Å². The third-order valence-corrected chi connectivity index (χ3v) is 3.64. The Kier molecular flexibility index (Phi) is 4.11. The number of morpholine rings is 1. The molecule has 0 bridgehead atoms. The molecule has 0 saturated carbocycles. The van der Waals surface area contributed by atoms with Crippen molar-refractivity contribution < 1.29 is 9.53 Å². The number of aryl methyl sites for hydroxylation is 2. The molecule has 1 N–H and O–H groups in total. The summed E-state index contributed by atoms with van der Waals surface area (Å²) in [5.41, 5.74) is 2.97. The first-order valence-corrected chi connectivity index (χ1v) is 7.41. The van der Waals surface area contributed by atoms with Gasteiger partial charge in [-0.3, -0.25) is 5.32 Å². The Morgan fingerprint density at radius 1 is 1.18 bits per heavy atom. The van der Waals surface area contributed by atoms with Gasteiger partial charge in [0.15, 0.2) is 0 Å². The van der Waals surface area contributed by atoms with Crippen molar-refractivity contribution in [1.29, 1.82) is 0 Å². The van der Waals surface area contributed by atoms with Crippen LogP contribution in [0.15, 0.2) is 30.3 Å². The van der Waals surface area contributed by atoms with Crippen LogP contribution in [0.4, 0.5) is 10.6 Å². The van der Waals surface area contributed by atoms with Crippen LogP contribution >= 0.6 is 0 Å². The van der Waals surface area contributed by atoms with Crippen LogP contribution < -0.4 is 5.32 Å².